The molecule has 3 atom stereocenters. The first-order valence-corrected chi connectivity index (χ1v) is 12.3. The number of nitrogens with one attached hydrogen (secondary N) is 2. The van der Waals surface area contributed by atoms with Crippen LogP contribution in [0.5, 0.6) is 0 Å². The highest BCUT2D eigenvalue weighted by Gasteiger charge is 2.46. The lowest BCUT2D eigenvalue weighted by Gasteiger charge is -2.37. The van der Waals surface area contributed by atoms with Crippen molar-refractivity contribution in [2.75, 3.05) is 33.3 Å². The minimum absolute atomic E-state index is 0.00300. The van der Waals surface area contributed by atoms with E-state index in [-0.39, 0.29) is 18.0 Å². The molecule has 174 valence electrons. The van der Waals surface area contributed by atoms with Gasteiger partial charge < -0.3 is 15.4 Å². The third kappa shape index (κ3) is 4.10. The Kier molecular flexibility index (Phi) is 6.33. The standard InChI is InChI=1S/C24H36N6O2/c1-16-21-22(30(28-16)17-7-4-3-5-8-17)24(31)27-23(26-21)19-10-9-18(15-20(19)32-2)29-13-6-11-25-12-14-29/h9-10,17-18,21-22,25H,3-8,11-15H2,1-2H3,(H,26,27,31). The van der Waals surface area contributed by atoms with E-state index in [0.29, 0.717) is 17.9 Å². The van der Waals surface area contributed by atoms with Gasteiger partial charge in [-0.15, -0.1) is 0 Å². The summed E-state index contributed by atoms with van der Waals surface area (Å²) in [7, 11) is 1.72. The number of carbonyl (C=O) groups excluding carboxylic acids is 1. The number of amidine groups is 1. The first-order chi connectivity index (χ1) is 15.7. The average molecular weight is 441 g/mol. The second kappa shape index (κ2) is 9.35. The molecule has 1 saturated heterocycles. The van der Waals surface area contributed by atoms with Gasteiger partial charge in [0, 0.05) is 31.6 Å². The van der Waals surface area contributed by atoms with Crippen LogP contribution in [0.25, 0.3) is 0 Å². The van der Waals surface area contributed by atoms with Gasteiger partial charge >= 0.3 is 0 Å². The molecule has 8 heteroatoms. The predicted octanol–water partition coefficient (Wildman–Crippen LogP) is 1.80. The van der Waals surface area contributed by atoms with Crippen LogP contribution >= 0.6 is 0 Å². The lowest BCUT2D eigenvalue weighted by Crippen LogP contribution is -2.57. The number of amides is 1. The molecule has 5 aliphatic rings. The van der Waals surface area contributed by atoms with Crippen molar-refractivity contribution in [3.63, 3.8) is 0 Å². The van der Waals surface area contributed by atoms with Crippen LogP contribution in [0.4, 0.5) is 0 Å². The van der Waals surface area contributed by atoms with Gasteiger partial charge in [-0.05, 0) is 39.3 Å². The van der Waals surface area contributed by atoms with Crippen LogP contribution in [0, 0.1) is 0 Å². The average Bonchev–Trinajstić information content (AvgIpc) is 2.99. The first kappa shape index (κ1) is 21.6. The maximum atomic E-state index is 13.3. The molecule has 2 aliphatic carbocycles. The number of carbonyl (C=O) groups is 1. The van der Waals surface area contributed by atoms with Crippen molar-refractivity contribution in [3.8, 4) is 0 Å². The largest absolute Gasteiger partial charge is 0.500 e. The van der Waals surface area contributed by atoms with E-state index in [2.05, 4.69) is 32.7 Å². The molecule has 2 fully saturated rings. The van der Waals surface area contributed by atoms with Crippen molar-refractivity contribution >= 4 is 17.5 Å². The molecule has 1 saturated carbocycles. The minimum atomic E-state index is -0.321. The van der Waals surface area contributed by atoms with Crippen LogP contribution in [0.1, 0.15) is 51.9 Å². The lowest BCUT2D eigenvalue weighted by molar-refractivity contribution is -0.126. The minimum Gasteiger partial charge on any atom is -0.500 e. The predicted molar refractivity (Wildman–Crippen MR) is 126 cm³/mol. The second-order valence-corrected chi connectivity index (χ2v) is 9.58. The van der Waals surface area contributed by atoms with Crippen LogP contribution in [0.2, 0.25) is 0 Å². The number of rotatable bonds is 4. The van der Waals surface area contributed by atoms with Gasteiger partial charge in [-0.1, -0.05) is 31.4 Å². The van der Waals surface area contributed by atoms with Gasteiger partial charge in [-0.2, -0.15) is 5.10 Å². The monoisotopic (exact) mass is 440 g/mol. The van der Waals surface area contributed by atoms with E-state index < -0.39 is 0 Å². The zero-order chi connectivity index (χ0) is 22.1. The Labute approximate surface area is 190 Å². The highest BCUT2D eigenvalue weighted by Crippen LogP contribution is 2.32. The molecule has 32 heavy (non-hydrogen) atoms. The van der Waals surface area contributed by atoms with Crippen LogP contribution in [-0.4, -0.2) is 84.8 Å². The quantitative estimate of drug-likeness (QED) is 0.697. The Bertz CT molecular complexity index is 849. The molecule has 2 N–H and O–H groups in total. The van der Waals surface area contributed by atoms with Gasteiger partial charge in [0.2, 0.25) is 0 Å². The van der Waals surface area contributed by atoms with E-state index in [4.69, 9.17) is 14.8 Å². The summed E-state index contributed by atoms with van der Waals surface area (Å²) in [5.74, 6) is 1.52. The summed E-state index contributed by atoms with van der Waals surface area (Å²) in [6.45, 7) is 6.23. The Hall–Kier alpha value is -2.19. The number of hydrogen-bond acceptors (Lipinski definition) is 7. The maximum Gasteiger partial charge on any atom is 0.252 e. The van der Waals surface area contributed by atoms with E-state index in [1.807, 2.05) is 6.92 Å². The highest BCUT2D eigenvalue weighted by atomic mass is 16.5. The van der Waals surface area contributed by atoms with Crippen molar-refractivity contribution in [2.45, 2.75) is 76.0 Å². The van der Waals surface area contributed by atoms with E-state index in [0.717, 1.165) is 68.9 Å². The fourth-order valence-corrected chi connectivity index (χ4v) is 5.78. The molecule has 3 unspecified atom stereocenters. The molecular formula is C24H36N6O2. The molecule has 0 aromatic heterocycles. The summed E-state index contributed by atoms with van der Waals surface area (Å²) < 4.78 is 5.81. The number of aliphatic imine (C=N–C) groups is 1. The molecule has 0 radical (unpaired) electrons. The number of fused-ring (bicyclic) bond motifs is 1. The van der Waals surface area contributed by atoms with Crippen LogP contribution in [-0.2, 0) is 9.53 Å². The summed E-state index contributed by atoms with van der Waals surface area (Å²) in [6, 6.07) is 0.133. The lowest BCUT2D eigenvalue weighted by atomic mass is 9.92. The summed E-state index contributed by atoms with van der Waals surface area (Å²) in [4.78, 5) is 20.8. The zero-order valence-corrected chi connectivity index (χ0v) is 19.3. The normalized spacial score (nSPS) is 32.2. The Balaban J connectivity index is 1.36. The summed E-state index contributed by atoms with van der Waals surface area (Å²) >= 11 is 0. The van der Waals surface area contributed by atoms with Crippen molar-refractivity contribution in [2.24, 2.45) is 10.1 Å². The Morgan fingerprint density at radius 3 is 2.78 bits per heavy atom. The van der Waals surface area contributed by atoms with E-state index in [1.54, 1.807) is 7.11 Å². The molecule has 3 heterocycles. The van der Waals surface area contributed by atoms with Gasteiger partial charge in [0.1, 0.15) is 17.6 Å². The van der Waals surface area contributed by atoms with E-state index in [9.17, 15) is 4.79 Å². The number of ether oxygens (including phenoxy) is 1. The molecule has 0 aromatic carbocycles. The molecule has 0 spiro atoms. The highest BCUT2D eigenvalue weighted by molar-refractivity contribution is 6.15. The second-order valence-electron chi connectivity index (χ2n) is 9.58. The number of methoxy groups -OCH3 is 1. The van der Waals surface area contributed by atoms with Crippen LogP contribution in [0.3, 0.4) is 0 Å². The SMILES string of the molecule is COC1=C(C2=NC3C(C)=NN(C4CCCCC4)C3C(=O)N2)C=CC(N2CCCNCC2)C1. The summed E-state index contributed by atoms with van der Waals surface area (Å²) in [5, 5.41) is 13.4. The third-order valence-electron chi connectivity index (χ3n) is 7.54. The summed E-state index contributed by atoms with van der Waals surface area (Å²) in [5.41, 5.74) is 1.83. The van der Waals surface area contributed by atoms with E-state index in [1.165, 1.54) is 19.3 Å². The molecule has 8 nitrogen and oxygen atoms in total. The molecule has 5 rings (SSSR count). The smallest absolute Gasteiger partial charge is 0.252 e. The van der Waals surface area contributed by atoms with Gasteiger partial charge in [0.15, 0.2) is 6.04 Å². The van der Waals surface area contributed by atoms with Crippen molar-refractivity contribution in [1.29, 1.82) is 0 Å². The fraction of sp³-hybridized carbons (Fsp3) is 0.708. The number of hydrazone groups is 1. The van der Waals surface area contributed by atoms with Crippen LogP contribution in [0.15, 0.2) is 33.6 Å². The summed E-state index contributed by atoms with van der Waals surface area (Å²) in [6.07, 6.45) is 12.2. The molecular weight excluding hydrogens is 404 g/mol. The van der Waals surface area contributed by atoms with Gasteiger partial charge in [-0.3, -0.25) is 19.7 Å². The van der Waals surface area contributed by atoms with E-state index >= 15 is 0 Å². The van der Waals surface area contributed by atoms with Gasteiger partial charge in [0.05, 0.1) is 18.4 Å². The number of hydrogen-bond donors (Lipinski definition) is 2. The van der Waals surface area contributed by atoms with Crippen molar-refractivity contribution in [1.82, 2.24) is 20.5 Å². The molecule has 0 aromatic rings. The number of nitrogens with zero attached hydrogens (tertiary/aromatic N) is 4. The topological polar surface area (TPSA) is 81.6 Å². The fourth-order valence-electron chi connectivity index (χ4n) is 5.78. The van der Waals surface area contributed by atoms with Crippen LogP contribution < -0.4 is 10.6 Å². The molecule has 3 aliphatic heterocycles. The van der Waals surface area contributed by atoms with Gasteiger partial charge in [-0.25, -0.2) is 0 Å². The molecule has 0 bridgehead atoms. The first-order valence-electron chi connectivity index (χ1n) is 12.3. The third-order valence-corrected chi connectivity index (χ3v) is 7.54. The van der Waals surface area contributed by atoms with Crippen molar-refractivity contribution < 1.29 is 9.53 Å². The maximum absolute atomic E-state index is 13.3. The molecule has 1 amide bonds. The van der Waals surface area contributed by atoms with Gasteiger partial charge in [0.25, 0.3) is 5.91 Å². The van der Waals surface area contributed by atoms with Crippen molar-refractivity contribution in [3.05, 3.63) is 23.5 Å². The zero-order valence-electron chi connectivity index (χ0n) is 19.3. The Morgan fingerprint density at radius 2 is 1.97 bits per heavy atom. The Morgan fingerprint density at radius 1 is 1.12 bits per heavy atom.